The molecule has 0 radical (unpaired) electrons. The van der Waals surface area contributed by atoms with E-state index in [1.165, 1.54) is 7.11 Å². The van der Waals surface area contributed by atoms with E-state index in [1.54, 1.807) is 12.1 Å². The maximum absolute atomic E-state index is 12.1. The van der Waals surface area contributed by atoms with Crippen molar-refractivity contribution in [2.75, 3.05) is 20.2 Å². The molecule has 1 atom stereocenters. The van der Waals surface area contributed by atoms with Gasteiger partial charge in [-0.2, -0.15) is 0 Å². The molecule has 1 saturated heterocycles. The molecule has 7 heteroatoms. The third-order valence-corrected chi connectivity index (χ3v) is 3.73. The molecule has 6 nitrogen and oxygen atoms in total. The van der Waals surface area contributed by atoms with Gasteiger partial charge in [0.05, 0.1) is 11.6 Å². The summed E-state index contributed by atoms with van der Waals surface area (Å²) in [7, 11) is 1.27. The van der Waals surface area contributed by atoms with E-state index in [2.05, 4.69) is 36.3 Å². The van der Waals surface area contributed by atoms with Gasteiger partial charge in [-0.3, -0.25) is 4.79 Å². The number of pyridine rings is 1. The molecule has 0 saturated carbocycles. The minimum Gasteiger partial charge on any atom is -0.464 e. The van der Waals surface area contributed by atoms with E-state index in [9.17, 15) is 9.59 Å². The first-order valence-corrected chi connectivity index (χ1v) is 7.17. The Labute approximate surface area is 125 Å². The Balaban J connectivity index is 2.11. The summed E-state index contributed by atoms with van der Waals surface area (Å²) < 4.78 is 5.13. The standard InChI is InChI=1S/C13H16BrN3O3/c1-20-13(19)11-9(14)4-5-10(17-11)12(18)16-8-3-2-6-15-7-8/h4-5,8,15H,2-3,6-7H2,1H3,(H,16,18). The zero-order valence-corrected chi connectivity index (χ0v) is 12.7. The van der Waals surface area contributed by atoms with Crippen LogP contribution in [0.25, 0.3) is 0 Å². The van der Waals surface area contributed by atoms with E-state index in [0.29, 0.717) is 4.47 Å². The molecule has 2 N–H and O–H groups in total. The predicted octanol–water partition coefficient (Wildman–Crippen LogP) is 1.11. The van der Waals surface area contributed by atoms with Crippen molar-refractivity contribution in [3.63, 3.8) is 0 Å². The summed E-state index contributed by atoms with van der Waals surface area (Å²) in [6.45, 7) is 1.74. The van der Waals surface area contributed by atoms with Crippen molar-refractivity contribution >= 4 is 27.8 Å². The molecule has 1 fully saturated rings. The van der Waals surface area contributed by atoms with Crippen LogP contribution < -0.4 is 10.6 Å². The zero-order valence-electron chi connectivity index (χ0n) is 11.1. The van der Waals surface area contributed by atoms with Crippen LogP contribution in [0.5, 0.6) is 0 Å². The van der Waals surface area contributed by atoms with E-state index in [1.807, 2.05) is 0 Å². The van der Waals surface area contributed by atoms with Crippen molar-refractivity contribution in [2.45, 2.75) is 18.9 Å². The van der Waals surface area contributed by atoms with Crippen LogP contribution in [0.4, 0.5) is 0 Å². The lowest BCUT2D eigenvalue weighted by molar-refractivity contribution is 0.0592. The number of hydrogen-bond donors (Lipinski definition) is 2. The van der Waals surface area contributed by atoms with Gasteiger partial charge in [-0.25, -0.2) is 9.78 Å². The lowest BCUT2D eigenvalue weighted by atomic mass is 10.1. The predicted molar refractivity (Wildman–Crippen MR) is 76.6 cm³/mol. The Kier molecular flexibility index (Phi) is 5.08. The Morgan fingerprint density at radius 3 is 2.95 bits per heavy atom. The normalized spacial score (nSPS) is 18.4. The molecule has 2 rings (SSSR count). The topological polar surface area (TPSA) is 80.3 Å². The molecule has 0 aliphatic carbocycles. The molecule has 20 heavy (non-hydrogen) atoms. The molecule has 108 valence electrons. The van der Waals surface area contributed by atoms with Crippen LogP contribution in [0.2, 0.25) is 0 Å². The fourth-order valence-electron chi connectivity index (χ4n) is 2.04. The fourth-order valence-corrected chi connectivity index (χ4v) is 2.43. The van der Waals surface area contributed by atoms with Crippen molar-refractivity contribution in [3.8, 4) is 0 Å². The van der Waals surface area contributed by atoms with Gasteiger partial charge in [-0.15, -0.1) is 0 Å². The van der Waals surface area contributed by atoms with Crippen LogP contribution in [-0.4, -0.2) is 43.1 Å². The van der Waals surface area contributed by atoms with Gasteiger partial charge in [0.15, 0.2) is 5.69 Å². The van der Waals surface area contributed by atoms with E-state index in [4.69, 9.17) is 0 Å². The fraction of sp³-hybridized carbons (Fsp3) is 0.462. The Hall–Kier alpha value is -1.47. The number of carbonyl (C=O) groups is 2. The third-order valence-electron chi connectivity index (χ3n) is 3.09. The largest absolute Gasteiger partial charge is 0.464 e. The highest BCUT2D eigenvalue weighted by atomic mass is 79.9. The van der Waals surface area contributed by atoms with Gasteiger partial charge < -0.3 is 15.4 Å². The van der Waals surface area contributed by atoms with E-state index < -0.39 is 5.97 Å². The molecule has 1 aliphatic heterocycles. The highest BCUT2D eigenvalue weighted by Gasteiger charge is 2.19. The highest BCUT2D eigenvalue weighted by Crippen LogP contribution is 2.16. The smallest absolute Gasteiger partial charge is 0.357 e. The molecular weight excluding hydrogens is 326 g/mol. The number of methoxy groups -OCH3 is 1. The van der Waals surface area contributed by atoms with Gasteiger partial charge in [-0.05, 0) is 47.4 Å². The van der Waals surface area contributed by atoms with E-state index >= 15 is 0 Å². The van der Waals surface area contributed by atoms with Crippen molar-refractivity contribution in [2.24, 2.45) is 0 Å². The van der Waals surface area contributed by atoms with Gasteiger partial charge in [0.2, 0.25) is 0 Å². The van der Waals surface area contributed by atoms with Crippen LogP contribution in [0.15, 0.2) is 16.6 Å². The molecule has 1 aliphatic rings. The Bertz CT molecular complexity index is 516. The number of rotatable bonds is 3. The first-order valence-electron chi connectivity index (χ1n) is 6.38. The molecule has 0 spiro atoms. The summed E-state index contributed by atoms with van der Waals surface area (Å²) in [6.07, 6.45) is 1.98. The average Bonchev–Trinajstić information content (AvgIpc) is 2.48. The summed E-state index contributed by atoms with van der Waals surface area (Å²) in [5.41, 5.74) is 0.307. The number of amides is 1. The van der Waals surface area contributed by atoms with Gasteiger partial charge >= 0.3 is 5.97 Å². The quantitative estimate of drug-likeness (QED) is 0.805. The van der Waals surface area contributed by atoms with Crippen LogP contribution >= 0.6 is 15.9 Å². The van der Waals surface area contributed by atoms with Crippen molar-refractivity contribution < 1.29 is 14.3 Å². The molecule has 1 aromatic heterocycles. The second-order valence-electron chi connectivity index (χ2n) is 4.54. The summed E-state index contributed by atoms with van der Waals surface area (Å²) >= 11 is 3.21. The Morgan fingerprint density at radius 2 is 2.30 bits per heavy atom. The number of ether oxygens (including phenoxy) is 1. The van der Waals surface area contributed by atoms with Gasteiger partial charge in [0.25, 0.3) is 5.91 Å². The van der Waals surface area contributed by atoms with Crippen LogP contribution in [0.1, 0.15) is 33.8 Å². The number of carbonyl (C=O) groups excluding carboxylic acids is 2. The molecular formula is C13H16BrN3O3. The number of nitrogens with zero attached hydrogens (tertiary/aromatic N) is 1. The van der Waals surface area contributed by atoms with Crippen molar-refractivity contribution in [1.29, 1.82) is 0 Å². The monoisotopic (exact) mass is 341 g/mol. The molecule has 1 unspecified atom stereocenters. The average molecular weight is 342 g/mol. The molecule has 0 aromatic carbocycles. The number of esters is 1. The SMILES string of the molecule is COC(=O)c1nc(C(=O)NC2CCCNC2)ccc1Br. The van der Waals surface area contributed by atoms with Crippen LogP contribution in [0.3, 0.4) is 0 Å². The number of aromatic nitrogens is 1. The maximum atomic E-state index is 12.1. The van der Waals surface area contributed by atoms with Gasteiger partial charge in [-0.1, -0.05) is 0 Å². The number of hydrogen-bond acceptors (Lipinski definition) is 5. The summed E-state index contributed by atoms with van der Waals surface area (Å²) in [4.78, 5) is 27.7. The molecule has 0 bridgehead atoms. The lowest BCUT2D eigenvalue weighted by Crippen LogP contribution is -2.45. The van der Waals surface area contributed by atoms with Crippen LogP contribution in [0, 0.1) is 0 Å². The lowest BCUT2D eigenvalue weighted by Gasteiger charge is -2.23. The van der Waals surface area contributed by atoms with E-state index in [0.717, 1.165) is 25.9 Å². The minimum absolute atomic E-state index is 0.0990. The van der Waals surface area contributed by atoms with E-state index in [-0.39, 0.29) is 23.3 Å². The molecule has 2 heterocycles. The van der Waals surface area contributed by atoms with Crippen molar-refractivity contribution in [3.05, 3.63) is 28.0 Å². The number of nitrogens with one attached hydrogen (secondary N) is 2. The second kappa shape index (κ2) is 6.81. The van der Waals surface area contributed by atoms with Crippen molar-refractivity contribution in [1.82, 2.24) is 15.6 Å². The third kappa shape index (κ3) is 3.55. The highest BCUT2D eigenvalue weighted by molar-refractivity contribution is 9.10. The van der Waals surface area contributed by atoms with Crippen LogP contribution in [-0.2, 0) is 4.74 Å². The maximum Gasteiger partial charge on any atom is 0.357 e. The first-order chi connectivity index (χ1) is 9.61. The number of halogens is 1. The first kappa shape index (κ1) is 14.9. The van der Waals surface area contributed by atoms with Gasteiger partial charge in [0, 0.05) is 12.6 Å². The molecule has 1 aromatic rings. The minimum atomic E-state index is -0.578. The molecule has 1 amide bonds. The summed E-state index contributed by atoms with van der Waals surface area (Å²) in [5, 5.41) is 6.13. The summed E-state index contributed by atoms with van der Waals surface area (Å²) in [5.74, 6) is -0.859. The second-order valence-corrected chi connectivity index (χ2v) is 5.39. The summed E-state index contributed by atoms with van der Waals surface area (Å²) in [6, 6.07) is 3.29. The number of piperidine rings is 1. The Morgan fingerprint density at radius 1 is 1.50 bits per heavy atom. The zero-order chi connectivity index (χ0) is 14.5. The van der Waals surface area contributed by atoms with Gasteiger partial charge in [0.1, 0.15) is 5.69 Å².